The van der Waals surface area contributed by atoms with Gasteiger partial charge in [-0.3, -0.25) is 4.79 Å². The van der Waals surface area contributed by atoms with E-state index in [2.05, 4.69) is 17.9 Å². The third-order valence-corrected chi connectivity index (χ3v) is 3.39. The minimum absolute atomic E-state index is 0.344. The number of rotatable bonds is 1. The Morgan fingerprint density at radius 3 is 2.64 bits per heavy atom. The predicted octanol–water partition coefficient (Wildman–Crippen LogP) is 2.85. The summed E-state index contributed by atoms with van der Waals surface area (Å²) in [4.78, 5) is 13.8. The van der Waals surface area contributed by atoms with E-state index in [1.165, 1.54) is 37.8 Å². The van der Waals surface area contributed by atoms with Gasteiger partial charge in [0.15, 0.2) is 0 Å². The summed E-state index contributed by atoms with van der Waals surface area (Å²) in [6.45, 7) is 2.08. The quantitative estimate of drug-likeness (QED) is 0.627. The maximum absolute atomic E-state index is 11.8. The molecule has 1 heterocycles. The molecule has 0 spiro atoms. The SMILES string of the molecule is CC1=CCCC(=O)N1C1CCCCC1. The summed E-state index contributed by atoms with van der Waals surface area (Å²) in [5.41, 5.74) is 1.19. The van der Waals surface area contributed by atoms with Crippen LogP contribution >= 0.6 is 0 Å². The Morgan fingerprint density at radius 1 is 1.29 bits per heavy atom. The van der Waals surface area contributed by atoms with Crippen molar-refractivity contribution in [2.24, 2.45) is 0 Å². The zero-order valence-electron chi connectivity index (χ0n) is 8.96. The second-order valence-corrected chi connectivity index (χ2v) is 4.44. The van der Waals surface area contributed by atoms with Gasteiger partial charge in [-0.15, -0.1) is 0 Å². The van der Waals surface area contributed by atoms with Crippen molar-refractivity contribution in [1.82, 2.24) is 4.90 Å². The van der Waals surface area contributed by atoms with E-state index in [1.807, 2.05) is 0 Å². The first kappa shape index (κ1) is 9.75. The van der Waals surface area contributed by atoms with E-state index in [-0.39, 0.29) is 0 Å². The van der Waals surface area contributed by atoms with Crippen molar-refractivity contribution in [1.29, 1.82) is 0 Å². The van der Waals surface area contributed by atoms with Crippen LogP contribution in [0.3, 0.4) is 0 Å². The lowest BCUT2D eigenvalue weighted by atomic mass is 9.92. The van der Waals surface area contributed by atoms with Crippen molar-refractivity contribution in [3.05, 3.63) is 11.8 Å². The second-order valence-electron chi connectivity index (χ2n) is 4.44. The zero-order chi connectivity index (χ0) is 9.97. The average Bonchev–Trinajstić information content (AvgIpc) is 2.19. The maximum atomic E-state index is 11.8. The number of hydrogen-bond acceptors (Lipinski definition) is 1. The Kier molecular flexibility index (Phi) is 2.90. The molecule has 2 rings (SSSR count). The Bertz CT molecular complexity index is 251. The Labute approximate surface area is 86.0 Å². The number of hydrogen-bond donors (Lipinski definition) is 0. The van der Waals surface area contributed by atoms with Crippen LogP contribution in [-0.2, 0) is 4.79 Å². The Hall–Kier alpha value is -0.790. The molecule has 0 radical (unpaired) electrons. The van der Waals surface area contributed by atoms with Crippen LogP contribution in [0.2, 0.25) is 0 Å². The summed E-state index contributed by atoms with van der Waals surface area (Å²) in [5, 5.41) is 0. The topological polar surface area (TPSA) is 20.3 Å². The van der Waals surface area contributed by atoms with Gasteiger partial charge in [0, 0.05) is 18.2 Å². The summed E-state index contributed by atoms with van der Waals surface area (Å²) < 4.78 is 0. The van der Waals surface area contributed by atoms with Crippen LogP contribution < -0.4 is 0 Å². The molecule has 2 heteroatoms. The van der Waals surface area contributed by atoms with Crippen LogP contribution in [0.4, 0.5) is 0 Å². The highest BCUT2D eigenvalue weighted by molar-refractivity contribution is 5.79. The van der Waals surface area contributed by atoms with Gasteiger partial charge in [-0.2, -0.15) is 0 Å². The molecule has 2 nitrogen and oxygen atoms in total. The van der Waals surface area contributed by atoms with Gasteiger partial charge < -0.3 is 4.90 Å². The molecule has 0 aromatic carbocycles. The molecule has 0 aromatic rings. The van der Waals surface area contributed by atoms with E-state index in [0.29, 0.717) is 18.4 Å². The molecular formula is C12H19NO. The van der Waals surface area contributed by atoms with Gasteiger partial charge in [0.1, 0.15) is 0 Å². The van der Waals surface area contributed by atoms with Crippen LogP contribution in [0.5, 0.6) is 0 Å². The lowest BCUT2D eigenvalue weighted by molar-refractivity contribution is -0.132. The number of allylic oxidation sites excluding steroid dienone is 2. The molecular weight excluding hydrogens is 174 g/mol. The predicted molar refractivity (Wildman–Crippen MR) is 56.7 cm³/mol. The summed E-state index contributed by atoms with van der Waals surface area (Å²) in [5.74, 6) is 0.344. The highest BCUT2D eigenvalue weighted by atomic mass is 16.2. The van der Waals surface area contributed by atoms with Crippen LogP contribution in [0.15, 0.2) is 11.8 Å². The summed E-state index contributed by atoms with van der Waals surface area (Å²) in [6.07, 6.45) is 10.2. The number of carbonyl (C=O) groups excluding carboxylic acids is 1. The molecule has 1 aliphatic heterocycles. The van der Waals surface area contributed by atoms with Gasteiger partial charge in [-0.05, 0) is 26.2 Å². The first-order valence-corrected chi connectivity index (χ1v) is 5.78. The van der Waals surface area contributed by atoms with E-state index in [9.17, 15) is 4.79 Å². The normalized spacial score (nSPS) is 25.1. The van der Waals surface area contributed by atoms with Crippen LogP contribution in [-0.4, -0.2) is 16.8 Å². The van der Waals surface area contributed by atoms with Gasteiger partial charge in [0.05, 0.1) is 0 Å². The van der Waals surface area contributed by atoms with E-state index >= 15 is 0 Å². The largest absolute Gasteiger partial charge is 0.314 e. The van der Waals surface area contributed by atoms with Gasteiger partial charge in [0.2, 0.25) is 5.91 Å². The molecule has 0 atom stereocenters. The number of carbonyl (C=O) groups is 1. The third-order valence-electron chi connectivity index (χ3n) is 3.39. The minimum Gasteiger partial charge on any atom is -0.314 e. The van der Waals surface area contributed by atoms with Crippen molar-refractivity contribution in [2.75, 3.05) is 0 Å². The smallest absolute Gasteiger partial charge is 0.227 e. The highest BCUT2D eigenvalue weighted by Crippen LogP contribution is 2.28. The van der Waals surface area contributed by atoms with Crippen molar-refractivity contribution in [3.63, 3.8) is 0 Å². The van der Waals surface area contributed by atoms with E-state index in [0.717, 1.165) is 6.42 Å². The molecule has 0 bridgehead atoms. The molecule has 0 aromatic heterocycles. The van der Waals surface area contributed by atoms with Gasteiger partial charge >= 0.3 is 0 Å². The molecule has 0 N–H and O–H groups in total. The summed E-state index contributed by atoms with van der Waals surface area (Å²) in [6, 6.07) is 0.507. The number of amides is 1. The fourth-order valence-corrected chi connectivity index (χ4v) is 2.65. The number of nitrogens with zero attached hydrogens (tertiary/aromatic N) is 1. The van der Waals surface area contributed by atoms with Crippen molar-refractivity contribution in [2.45, 2.75) is 57.9 Å². The lowest BCUT2D eigenvalue weighted by Crippen LogP contribution is -2.41. The lowest BCUT2D eigenvalue weighted by Gasteiger charge is -2.36. The van der Waals surface area contributed by atoms with E-state index in [4.69, 9.17) is 0 Å². The summed E-state index contributed by atoms with van der Waals surface area (Å²) in [7, 11) is 0. The van der Waals surface area contributed by atoms with Crippen LogP contribution in [0.1, 0.15) is 51.9 Å². The van der Waals surface area contributed by atoms with E-state index in [1.54, 1.807) is 0 Å². The van der Waals surface area contributed by atoms with Gasteiger partial charge in [-0.25, -0.2) is 0 Å². The van der Waals surface area contributed by atoms with Gasteiger partial charge in [0.25, 0.3) is 0 Å². The molecule has 1 aliphatic carbocycles. The monoisotopic (exact) mass is 193 g/mol. The molecule has 1 saturated carbocycles. The van der Waals surface area contributed by atoms with Crippen LogP contribution in [0.25, 0.3) is 0 Å². The maximum Gasteiger partial charge on any atom is 0.227 e. The van der Waals surface area contributed by atoms with E-state index < -0.39 is 0 Å². The Balaban J connectivity index is 2.09. The minimum atomic E-state index is 0.344. The molecule has 78 valence electrons. The fraction of sp³-hybridized carbons (Fsp3) is 0.750. The molecule has 14 heavy (non-hydrogen) atoms. The molecule has 1 fully saturated rings. The van der Waals surface area contributed by atoms with Crippen LogP contribution in [0, 0.1) is 0 Å². The highest BCUT2D eigenvalue weighted by Gasteiger charge is 2.27. The van der Waals surface area contributed by atoms with Crippen molar-refractivity contribution >= 4 is 5.91 Å². The third kappa shape index (κ3) is 1.84. The zero-order valence-corrected chi connectivity index (χ0v) is 8.96. The van der Waals surface area contributed by atoms with Crippen molar-refractivity contribution < 1.29 is 4.79 Å². The first-order chi connectivity index (χ1) is 6.79. The first-order valence-electron chi connectivity index (χ1n) is 5.78. The average molecular weight is 193 g/mol. The second kappa shape index (κ2) is 4.16. The molecule has 0 unspecified atom stereocenters. The molecule has 0 saturated heterocycles. The molecule has 1 amide bonds. The fourth-order valence-electron chi connectivity index (χ4n) is 2.65. The Morgan fingerprint density at radius 2 is 2.00 bits per heavy atom. The van der Waals surface area contributed by atoms with Crippen molar-refractivity contribution in [3.8, 4) is 0 Å². The standard InChI is InChI=1S/C12H19NO/c1-10-6-5-9-12(14)13(10)11-7-3-2-4-8-11/h6,11H,2-5,7-9H2,1H3. The summed E-state index contributed by atoms with van der Waals surface area (Å²) >= 11 is 0. The van der Waals surface area contributed by atoms with Gasteiger partial charge in [-0.1, -0.05) is 25.3 Å². The molecule has 2 aliphatic rings.